The average Bonchev–Trinajstić information content (AvgIpc) is 2.77. The maximum atomic E-state index is 5.93. The molecule has 1 unspecified atom stereocenters. The Bertz CT molecular complexity index is 371. The Kier molecular flexibility index (Phi) is 3.71. The second-order valence-electron chi connectivity index (χ2n) is 5.15. The van der Waals surface area contributed by atoms with Crippen LogP contribution in [0.1, 0.15) is 17.7 Å². The lowest BCUT2D eigenvalue weighted by molar-refractivity contribution is 0.0731. The van der Waals surface area contributed by atoms with Crippen molar-refractivity contribution in [3.05, 3.63) is 21.3 Å². The fourth-order valence-electron chi connectivity index (χ4n) is 3.06. The summed E-state index contributed by atoms with van der Waals surface area (Å²) in [6, 6.07) is 4.87. The van der Waals surface area contributed by atoms with Crippen LogP contribution in [0.4, 0.5) is 0 Å². The number of piperidine rings is 3. The molecule has 2 bridgehead atoms. The summed E-state index contributed by atoms with van der Waals surface area (Å²) in [6.45, 7) is 4.99. The van der Waals surface area contributed by atoms with E-state index in [4.69, 9.17) is 11.6 Å². The SMILES string of the molecule is Clc1ccc(CCNC2CN3CCC2CC3)s1. The highest BCUT2D eigenvalue weighted by atomic mass is 35.5. The maximum Gasteiger partial charge on any atom is 0.0931 e. The molecule has 3 fully saturated rings. The topological polar surface area (TPSA) is 15.3 Å². The van der Waals surface area contributed by atoms with Crippen molar-refractivity contribution in [3.63, 3.8) is 0 Å². The molecule has 2 nitrogen and oxygen atoms in total. The molecule has 1 N–H and O–H groups in total. The van der Waals surface area contributed by atoms with Gasteiger partial charge in [-0.1, -0.05) is 11.6 Å². The zero-order valence-electron chi connectivity index (χ0n) is 9.99. The first-order chi connectivity index (χ1) is 8.31. The van der Waals surface area contributed by atoms with E-state index >= 15 is 0 Å². The standard InChI is InChI=1S/C13H19ClN2S/c14-13-2-1-11(17-13)3-6-15-12-9-16-7-4-10(12)5-8-16/h1-2,10,12,15H,3-9H2. The zero-order valence-corrected chi connectivity index (χ0v) is 11.6. The molecule has 4 heteroatoms. The highest BCUT2D eigenvalue weighted by molar-refractivity contribution is 7.16. The molecule has 1 aromatic rings. The number of thiophene rings is 1. The van der Waals surface area contributed by atoms with E-state index in [1.54, 1.807) is 11.3 Å². The number of fused-ring (bicyclic) bond motifs is 3. The molecule has 3 aliphatic rings. The summed E-state index contributed by atoms with van der Waals surface area (Å²) >= 11 is 7.64. The van der Waals surface area contributed by atoms with Gasteiger partial charge in [-0.25, -0.2) is 0 Å². The molecule has 0 radical (unpaired) electrons. The number of nitrogens with zero attached hydrogens (tertiary/aromatic N) is 1. The van der Waals surface area contributed by atoms with Crippen molar-refractivity contribution in [2.45, 2.75) is 25.3 Å². The van der Waals surface area contributed by atoms with Gasteiger partial charge in [-0.3, -0.25) is 0 Å². The highest BCUT2D eigenvalue weighted by Crippen LogP contribution is 2.27. The summed E-state index contributed by atoms with van der Waals surface area (Å²) in [5.74, 6) is 0.923. The quantitative estimate of drug-likeness (QED) is 0.905. The van der Waals surface area contributed by atoms with E-state index in [0.29, 0.717) is 0 Å². The maximum absolute atomic E-state index is 5.93. The summed E-state index contributed by atoms with van der Waals surface area (Å²) in [4.78, 5) is 3.99. The third-order valence-corrected chi connectivity index (χ3v) is 5.35. The van der Waals surface area contributed by atoms with Crippen molar-refractivity contribution in [1.82, 2.24) is 10.2 Å². The summed E-state index contributed by atoms with van der Waals surface area (Å²) in [7, 11) is 0. The Morgan fingerprint density at radius 1 is 1.35 bits per heavy atom. The van der Waals surface area contributed by atoms with Crippen LogP contribution in [0.15, 0.2) is 12.1 Å². The summed E-state index contributed by atoms with van der Waals surface area (Å²) in [5, 5.41) is 3.73. The average molecular weight is 271 g/mol. The van der Waals surface area contributed by atoms with Crippen LogP contribution in [0.2, 0.25) is 4.34 Å². The van der Waals surface area contributed by atoms with E-state index < -0.39 is 0 Å². The van der Waals surface area contributed by atoms with Gasteiger partial charge in [0.2, 0.25) is 0 Å². The first-order valence-electron chi connectivity index (χ1n) is 6.51. The molecule has 0 aliphatic carbocycles. The van der Waals surface area contributed by atoms with Gasteiger partial charge >= 0.3 is 0 Å². The van der Waals surface area contributed by atoms with Gasteiger partial charge in [0.25, 0.3) is 0 Å². The van der Waals surface area contributed by atoms with Crippen molar-refractivity contribution in [1.29, 1.82) is 0 Å². The first-order valence-corrected chi connectivity index (χ1v) is 7.70. The molecule has 0 spiro atoms. The van der Waals surface area contributed by atoms with Gasteiger partial charge in [0, 0.05) is 24.0 Å². The minimum Gasteiger partial charge on any atom is -0.312 e. The van der Waals surface area contributed by atoms with Gasteiger partial charge in [-0.2, -0.15) is 0 Å². The van der Waals surface area contributed by atoms with E-state index in [-0.39, 0.29) is 0 Å². The van der Waals surface area contributed by atoms with Crippen molar-refractivity contribution in [2.24, 2.45) is 5.92 Å². The number of hydrogen-bond acceptors (Lipinski definition) is 3. The van der Waals surface area contributed by atoms with Crippen LogP contribution >= 0.6 is 22.9 Å². The molecule has 3 saturated heterocycles. The molecule has 17 heavy (non-hydrogen) atoms. The molecule has 0 aromatic carbocycles. The molecule has 0 amide bonds. The Hall–Kier alpha value is -0.0900. The van der Waals surface area contributed by atoms with Crippen LogP contribution in [-0.4, -0.2) is 37.1 Å². The normalized spacial score (nSPS) is 31.9. The Balaban J connectivity index is 1.45. The van der Waals surface area contributed by atoms with E-state index in [9.17, 15) is 0 Å². The van der Waals surface area contributed by atoms with Gasteiger partial charge in [-0.05, 0) is 50.4 Å². The molecule has 1 aromatic heterocycles. The van der Waals surface area contributed by atoms with Crippen LogP contribution in [0.5, 0.6) is 0 Å². The second-order valence-corrected chi connectivity index (χ2v) is 6.95. The minimum absolute atomic E-state index is 0.730. The molecule has 1 atom stereocenters. The van der Waals surface area contributed by atoms with Crippen molar-refractivity contribution < 1.29 is 0 Å². The summed E-state index contributed by atoms with van der Waals surface area (Å²) in [5.41, 5.74) is 0. The largest absolute Gasteiger partial charge is 0.312 e. The van der Waals surface area contributed by atoms with E-state index in [1.165, 1.54) is 37.4 Å². The van der Waals surface area contributed by atoms with Crippen molar-refractivity contribution in [3.8, 4) is 0 Å². The van der Waals surface area contributed by atoms with E-state index in [0.717, 1.165) is 29.3 Å². The number of halogens is 1. The Morgan fingerprint density at radius 3 is 2.76 bits per heavy atom. The highest BCUT2D eigenvalue weighted by Gasteiger charge is 2.33. The van der Waals surface area contributed by atoms with Crippen molar-refractivity contribution >= 4 is 22.9 Å². The first kappa shape index (κ1) is 12.0. The second kappa shape index (κ2) is 5.27. The molecule has 0 saturated carbocycles. The van der Waals surface area contributed by atoms with Crippen LogP contribution in [0.25, 0.3) is 0 Å². The van der Waals surface area contributed by atoms with Crippen LogP contribution < -0.4 is 5.32 Å². The fraction of sp³-hybridized carbons (Fsp3) is 0.692. The predicted molar refractivity (Wildman–Crippen MR) is 74.0 cm³/mol. The third-order valence-electron chi connectivity index (χ3n) is 4.06. The van der Waals surface area contributed by atoms with Gasteiger partial charge in [-0.15, -0.1) is 11.3 Å². The fourth-order valence-corrected chi connectivity index (χ4v) is 4.15. The smallest absolute Gasteiger partial charge is 0.0931 e. The zero-order chi connectivity index (χ0) is 11.7. The summed E-state index contributed by atoms with van der Waals surface area (Å²) in [6.07, 6.45) is 3.89. The summed E-state index contributed by atoms with van der Waals surface area (Å²) < 4.78 is 0.905. The molecule has 4 rings (SSSR count). The Morgan fingerprint density at radius 2 is 2.18 bits per heavy atom. The van der Waals surface area contributed by atoms with Gasteiger partial charge < -0.3 is 10.2 Å². The van der Waals surface area contributed by atoms with Crippen molar-refractivity contribution in [2.75, 3.05) is 26.2 Å². The van der Waals surface area contributed by atoms with E-state index in [2.05, 4.69) is 16.3 Å². The van der Waals surface area contributed by atoms with Gasteiger partial charge in [0.15, 0.2) is 0 Å². The molecule has 94 valence electrons. The lowest BCUT2D eigenvalue weighted by Crippen LogP contribution is -2.56. The Labute approximate surface area is 112 Å². The number of hydrogen-bond donors (Lipinski definition) is 1. The lowest BCUT2D eigenvalue weighted by Gasteiger charge is -2.45. The number of nitrogens with one attached hydrogen (secondary N) is 1. The minimum atomic E-state index is 0.730. The number of rotatable bonds is 4. The monoisotopic (exact) mass is 270 g/mol. The van der Waals surface area contributed by atoms with Crippen LogP contribution in [-0.2, 0) is 6.42 Å². The molecular weight excluding hydrogens is 252 g/mol. The van der Waals surface area contributed by atoms with Crippen LogP contribution in [0.3, 0.4) is 0 Å². The third kappa shape index (κ3) is 2.84. The van der Waals surface area contributed by atoms with Gasteiger partial charge in [0.1, 0.15) is 0 Å². The predicted octanol–water partition coefficient (Wildman–Crippen LogP) is 2.63. The van der Waals surface area contributed by atoms with Gasteiger partial charge in [0.05, 0.1) is 4.34 Å². The van der Waals surface area contributed by atoms with Crippen LogP contribution in [0, 0.1) is 5.92 Å². The lowest BCUT2D eigenvalue weighted by atomic mass is 9.84. The molecular formula is C13H19ClN2S. The van der Waals surface area contributed by atoms with E-state index in [1.807, 2.05) is 6.07 Å². The molecule has 4 heterocycles. The molecule has 3 aliphatic heterocycles.